The highest BCUT2D eigenvalue weighted by Gasteiger charge is 2.37. The predicted molar refractivity (Wildman–Crippen MR) is 67.2 cm³/mol. The molecular weight excluding hydrogens is 238 g/mol. The summed E-state index contributed by atoms with van der Waals surface area (Å²) in [7, 11) is -3.11. The number of rotatable bonds is 2. The van der Waals surface area contributed by atoms with Crippen molar-refractivity contribution >= 4 is 10.0 Å². The summed E-state index contributed by atoms with van der Waals surface area (Å²) in [5.74, 6) is 0. The maximum absolute atomic E-state index is 12.4. The highest BCUT2D eigenvalue weighted by Crippen LogP contribution is 2.29. The molecule has 0 radical (unpaired) electrons. The van der Waals surface area contributed by atoms with Crippen molar-refractivity contribution in [2.45, 2.75) is 62.7 Å². The Morgan fingerprint density at radius 1 is 1.12 bits per heavy atom. The van der Waals surface area contributed by atoms with Gasteiger partial charge in [-0.05, 0) is 32.6 Å². The van der Waals surface area contributed by atoms with Crippen molar-refractivity contribution in [1.29, 1.82) is 0 Å². The maximum Gasteiger partial charge on any atom is 0.216 e. The molecule has 17 heavy (non-hydrogen) atoms. The smallest absolute Gasteiger partial charge is 0.216 e. The monoisotopic (exact) mass is 261 g/mol. The van der Waals surface area contributed by atoms with Gasteiger partial charge < -0.3 is 5.11 Å². The Kier molecular flexibility index (Phi) is 3.80. The zero-order valence-corrected chi connectivity index (χ0v) is 11.4. The first kappa shape index (κ1) is 13.3. The van der Waals surface area contributed by atoms with Gasteiger partial charge in [-0.2, -0.15) is 0 Å². The second-order valence-corrected chi connectivity index (χ2v) is 7.91. The molecule has 1 aliphatic heterocycles. The van der Waals surface area contributed by atoms with Gasteiger partial charge in [0.2, 0.25) is 10.0 Å². The van der Waals surface area contributed by atoms with Gasteiger partial charge in [0.25, 0.3) is 0 Å². The molecule has 1 N–H and O–H groups in total. The zero-order valence-electron chi connectivity index (χ0n) is 10.6. The summed E-state index contributed by atoms with van der Waals surface area (Å²) < 4.78 is 26.4. The van der Waals surface area contributed by atoms with Crippen molar-refractivity contribution in [3.8, 4) is 0 Å². The zero-order chi connectivity index (χ0) is 12.5. The first-order chi connectivity index (χ1) is 7.92. The predicted octanol–water partition coefficient (Wildman–Crippen LogP) is 1.50. The Balaban J connectivity index is 2.01. The third-order valence-corrected chi connectivity index (χ3v) is 6.53. The second-order valence-electron chi connectivity index (χ2n) is 5.70. The van der Waals surface area contributed by atoms with E-state index in [0.717, 1.165) is 25.7 Å². The molecule has 1 heterocycles. The van der Waals surface area contributed by atoms with Gasteiger partial charge in [0.05, 0.1) is 10.9 Å². The number of piperidine rings is 1. The molecule has 2 rings (SSSR count). The number of sulfonamides is 1. The van der Waals surface area contributed by atoms with Crippen LogP contribution >= 0.6 is 0 Å². The minimum Gasteiger partial charge on any atom is -0.390 e. The Bertz CT molecular complexity index is 348. The van der Waals surface area contributed by atoms with Crippen LogP contribution in [0.25, 0.3) is 0 Å². The SMILES string of the molecule is CC1(O)CCN(S(=O)(=O)C2CCCCC2)CC1. The largest absolute Gasteiger partial charge is 0.390 e. The van der Waals surface area contributed by atoms with E-state index in [4.69, 9.17) is 0 Å². The number of hydrogen-bond acceptors (Lipinski definition) is 3. The van der Waals surface area contributed by atoms with Crippen LogP contribution in [0.5, 0.6) is 0 Å². The molecule has 0 unspecified atom stereocenters. The van der Waals surface area contributed by atoms with Gasteiger partial charge in [0.15, 0.2) is 0 Å². The Labute approximate surface area is 104 Å². The van der Waals surface area contributed by atoms with Crippen LogP contribution in [-0.2, 0) is 10.0 Å². The van der Waals surface area contributed by atoms with Gasteiger partial charge in [-0.1, -0.05) is 19.3 Å². The molecule has 1 aliphatic carbocycles. The second kappa shape index (κ2) is 4.86. The average molecular weight is 261 g/mol. The van der Waals surface area contributed by atoms with Crippen molar-refractivity contribution in [1.82, 2.24) is 4.31 Å². The first-order valence-corrected chi connectivity index (χ1v) is 8.13. The first-order valence-electron chi connectivity index (χ1n) is 6.63. The molecule has 2 aliphatic rings. The Hall–Kier alpha value is -0.130. The maximum atomic E-state index is 12.4. The molecule has 0 spiro atoms. The summed E-state index contributed by atoms with van der Waals surface area (Å²) in [6, 6.07) is 0. The van der Waals surface area contributed by atoms with Gasteiger partial charge in [-0.25, -0.2) is 12.7 Å². The van der Waals surface area contributed by atoms with Crippen LogP contribution in [0.3, 0.4) is 0 Å². The van der Waals surface area contributed by atoms with Crippen LogP contribution in [0.1, 0.15) is 51.9 Å². The summed E-state index contributed by atoms with van der Waals surface area (Å²) in [6.07, 6.45) is 5.98. The Morgan fingerprint density at radius 3 is 2.18 bits per heavy atom. The fourth-order valence-electron chi connectivity index (χ4n) is 2.80. The number of aliphatic hydroxyl groups is 1. The highest BCUT2D eigenvalue weighted by atomic mass is 32.2. The van der Waals surface area contributed by atoms with E-state index in [9.17, 15) is 13.5 Å². The van der Waals surface area contributed by atoms with Crippen LogP contribution in [0.2, 0.25) is 0 Å². The third-order valence-electron chi connectivity index (χ3n) is 4.13. The summed E-state index contributed by atoms with van der Waals surface area (Å²) in [4.78, 5) is 0. The summed E-state index contributed by atoms with van der Waals surface area (Å²) >= 11 is 0. The van der Waals surface area contributed by atoms with Gasteiger partial charge >= 0.3 is 0 Å². The van der Waals surface area contributed by atoms with E-state index in [-0.39, 0.29) is 5.25 Å². The molecule has 0 aromatic heterocycles. The van der Waals surface area contributed by atoms with Gasteiger partial charge in [-0.3, -0.25) is 0 Å². The lowest BCUT2D eigenvalue weighted by Crippen LogP contribution is -2.48. The summed E-state index contributed by atoms with van der Waals surface area (Å²) in [6.45, 7) is 2.75. The molecule has 5 heteroatoms. The standard InChI is InChI=1S/C12H23NO3S/c1-12(14)7-9-13(10-8-12)17(15,16)11-5-3-2-4-6-11/h11,14H,2-10H2,1H3. The van der Waals surface area contributed by atoms with Crippen LogP contribution in [-0.4, -0.2) is 41.8 Å². The molecule has 4 nitrogen and oxygen atoms in total. The minimum absolute atomic E-state index is 0.167. The lowest BCUT2D eigenvalue weighted by Gasteiger charge is -2.37. The fraction of sp³-hybridized carbons (Fsp3) is 1.00. The topological polar surface area (TPSA) is 57.6 Å². The van der Waals surface area contributed by atoms with E-state index in [1.165, 1.54) is 6.42 Å². The van der Waals surface area contributed by atoms with Crippen molar-refractivity contribution in [3.63, 3.8) is 0 Å². The van der Waals surface area contributed by atoms with Crippen LogP contribution in [0, 0.1) is 0 Å². The highest BCUT2D eigenvalue weighted by molar-refractivity contribution is 7.89. The van der Waals surface area contributed by atoms with Crippen molar-refractivity contribution in [3.05, 3.63) is 0 Å². The lowest BCUT2D eigenvalue weighted by molar-refractivity contribution is 0.0123. The number of nitrogens with zero attached hydrogens (tertiary/aromatic N) is 1. The van der Waals surface area contributed by atoms with Crippen molar-refractivity contribution in [2.75, 3.05) is 13.1 Å². The number of hydrogen-bond donors (Lipinski definition) is 1. The molecule has 0 bridgehead atoms. The molecule has 2 fully saturated rings. The van der Waals surface area contributed by atoms with E-state index in [0.29, 0.717) is 25.9 Å². The molecule has 1 saturated heterocycles. The Morgan fingerprint density at radius 2 is 1.65 bits per heavy atom. The van der Waals surface area contributed by atoms with E-state index in [1.807, 2.05) is 0 Å². The normalized spacial score (nSPS) is 28.1. The van der Waals surface area contributed by atoms with Crippen molar-refractivity contribution < 1.29 is 13.5 Å². The molecule has 0 amide bonds. The van der Waals surface area contributed by atoms with Crippen LogP contribution in [0.4, 0.5) is 0 Å². The molecule has 0 aromatic carbocycles. The van der Waals surface area contributed by atoms with E-state index < -0.39 is 15.6 Å². The molecular formula is C12H23NO3S. The quantitative estimate of drug-likeness (QED) is 0.819. The molecule has 1 saturated carbocycles. The summed E-state index contributed by atoms with van der Waals surface area (Å²) in [5.41, 5.74) is -0.682. The van der Waals surface area contributed by atoms with E-state index in [2.05, 4.69) is 0 Å². The molecule has 0 atom stereocenters. The van der Waals surface area contributed by atoms with Gasteiger partial charge in [0.1, 0.15) is 0 Å². The third kappa shape index (κ3) is 3.01. The molecule has 100 valence electrons. The van der Waals surface area contributed by atoms with E-state index >= 15 is 0 Å². The fourth-order valence-corrected chi connectivity index (χ4v) is 4.84. The minimum atomic E-state index is -3.11. The lowest BCUT2D eigenvalue weighted by atomic mass is 9.95. The van der Waals surface area contributed by atoms with Crippen LogP contribution in [0.15, 0.2) is 0 Å². The van der Waals surface area contributed by atoms with Gasteiger partial charge in [0, 0.05) is 13.1 Å². The van der Waals surface area contributed by atoms with Crippen molar-refractivity contribution in [2.24, 2.45) is 0 Å². The van der Waals surface area contributed by atoms with E-state index in [1.54, 1.807) is 11.2 Å². The average Bonchev–Trinajstić information content (AvgIpc) is 2.29. The van der Waals surface area contributed by atoms with Gasteiger partial charge in [-0.15, -0.1) is 0 Å². The summed E-state index contributed by atoms with van der Waals surface area (Å²) in [5, 5.41) is 9.68. The van der Waals surface area contributed by atoms with Crippen LogP contribution < -0.4 is 0 Å². The molecule has 0 aromatic rings.